The zero-order valence-electron chi connectivity index (χ0n) is 12.2. The molecule has 3 heteroatoms. The van der Waals surface area contributed by atoms with Gasteiger partial charge in [0.1, 0.15) is 0 Å². The number of hydrogen-bond acceptors (Lipinski definition) is 3. The first-order valence-corrected chi connectivity index (χ1v) is 7.67. The average Bonchev–Trinajstić information content (AvgIpc) is 3.11. The highest BCUT2D eigenvalue weighted by atomic mass is 16.1. The molecule has 3 atom stereocenters. The Labute approximate surface area is 125 Å². The van der Waals surface area contributed by atoms with Crippen LogP contribution in [0.25, 0.3) is 0 Å². The molecule has 0 aromatic heterocycles. The fourth-order valence-corrected chi connectivity index (χ4v) is 3.44. The van der Waals surface area contributed by atoms with Crippen LogP contribution < -0.4 is 11.1 Å². The molecule has 1 saturated carbocycles. The second-order valence-electron chi connectivity index (χ2n) is 6.12. The summed E-state index contributed by atoms with van der Waals surface area (Å²) in [7, 11) is 0. The average molecular weight is 282 g/mol. The van der Waals surface area contributed by atoms with Crippen molar-refractivity contribution in [2.24, 2.45) is 23.5 Å². The van der Waals surface area contributed by atoms with Gasteiger partial charge in [-0.05, 0) is 37.1 Å². The van der Waals surface area contributed by atoms with Gasteiger partial charge in [0.2, 0.25) is 0 Å². The van der Waals surface area contributed by atoms with Crippen LogP contribution in [0.4, 0.5) is 0 Å². The second kappa shape index (κ2) is 6.27. The molecule has 1 fully saturated rings. The Morgan fingerprint density at radius 2 is 2.05 bits per heavy atom. The molecule has 110 valence electrons. The van der Waals surface area contributed by atoms with E-state index in [1.165, 1.54) is 18.9 Å². The summed E-state index contributed by atoms with van der Waals surface area (Å²) in [5.41, 5.74) is 7.22. The van der Waals surface area contributed by atoms with Crippen LogP contribution in [0, 0.1) is 17.8 Å². The summed E-state index contributed by atoms with van der Waals surface area (Å²) < 4.78 is 0. The molecular formula is C18H22N2O. The van der Waals surface area contributed by atoms with E-state index in [1.807, 2.05) is 18.2 Å². The minimum Gasteiger partial charge on any atom is -0.401 e. The predicted octanol–water partition coefficient (Wildman–Crippen LogP) is 2.51. The highest BCUT2D eigenvalue weighted by molar-refractivity contribution is 6.04. The number of nitrogens with one attached hydrogen (secondary N) is 1. The lowest BCUT2D eigenvalue weighted by molar-refractivity contribution is 0.104. The van der Waals surface area contributed by atoms with Gasteiger partial charge in [0.15, 0.2) is 5.78 Å². The molecule has 0 saturated heterocycles. The number of hydrogen-bond donors (Lipinski definition) is 2. The quantitative estimate of drug-likeness (QED) is 0.479. The molecule has 21 heavy (non-hydrogen) atoms. The maximum Gasteiger partial charge on any atom is 0.187 e. The zero-order chi connectivity index (χ0) is 14.7. The number of carbonyl (C=O) groups excluding carboxylic acids is 1. The van der Waals surface area contributed by atoms with E-state index in [1.54, 1.807) is 12.1 Å². The topological polar surface area (TPSA) is 55.1 Å². The molecule has 3 N–H and O–H groups in total. The Balaban J connectivity index is 1.46. The third-order valence-electron chi connectivity index (χ3n) is 4.53. The van der Waals surface area contributed by atoms with Crippen LogP contribution in [0.2, 0.25) is 0 Å². The normalized spacial score (nSPS) is 27.2. The van der Waals surface area contributed by atoms with E-state index in [9.17, 15) is 4.79 Å². The molecule has 0 amide bonds. The van der Waals surface area contributed by atoms with Crippen LogP contribution in [0.15, 0.2) is 54.3 Å². The van der Waals surface area contributed by atoms with E-state index >= 15 is 0 Å². The van der Waals surface area contributed by atoms with Crippen LogP contribution in [-0.4, -0.2) is 18.9 Å². The summed E-state index contributed by atoms with van der Waals surface area (Å²) >= 11 is 0. The summed E-state index contributed by atoms with van der Waals surface area (Å²) in [6.07, 6.45) is 8.86. The van der Waals surface area contributed by atoms with E-state index in [4.69, 9.17) is 5.73 Å². The second-order valence-corrected chi connectivity index (χ2v) is 6.12. The van der Waals surface area contributed by atoms with Crippen molar-refractivity contribution < 1.29 is 4.79 Å². The van der Waals surface area contributed by atoms with Gasteiger partial charge in [-0.2, -0.15) is 0 Å². The number of benzene rings is 1. The number of allylic oxidation sites excluding steroid dienone is 3. The molecule has 0 radical (unpaired) electrons. The van der Waals surface area contributed by atoms with Gasteiger partial charge >= 0.3 is 0 Å². The van der Waals surface area contributed by atoms with Gasteiger partial charge in [-0.1, -0.05) is 42.5 Å². The first-order valence-electron chi connectivity index (χ1n) is 7.67. The van der Waals surface area contributed by atoms with Crippen molar-refractivity contribution in [1.29, 1.82) is 0 Å². The van der Waals surface area contributed by atoms with E-state index in [-0.39, 0.29) is 5.78 Å². The van der Waals surface area contributed by atoms with Gasteiger partial charge in [0.05, 0.1) is 0 Å². The Bertz CT molecular complexity index is 562. The van der Waals surface area contributed by atoms with Gasteiger partial charge in [-0.3, -0.25) is 4.79 Å². The van der Waals surface area contributed by atoms with Crippen molar-refractivity contribution in [3.63, 3.8) is 0 Å². The standard InChI is InChI=1S/C18H22N2O/c19-17(10-18(21)14-4-2-1-3-5-14)12-20-11-16-9-13-6-7-15(16)8-13/h1-7,10,13,15-16,20H,8-9,11-12,19H2/b17-10-. The molecule has 1 aromatic rings. The fourth-order valence-electron chi connectivity index (χ4n) is 3.44. The molecule has 2 bridgehead atoms. The van der Waals surface area contributed by atoms with Crippen molar-refractivity contribution in [3.8, 4) is 0 Å². The van der Waals surface area contributed by atoms with Gasteiger partial charge in [-0.15, -0.1) is 0 Å². The molecule has 3 unspecified atom stereocenters. The number of carbonyl (C=O) groups is 1. The van der Waals surface area contributed by atoms with E-state index in [2.05, 4.69) is 17.5 Å². The molecule has 1 aromatic carbocycles. The minimum absolute atomic E-state index is 0.0299. The third-order valence-corrected chi connectivity index (χ3v) is 4.53. The summed E-state index contributed by atoms with van der Waals surface area (Å²) in [5, 5.41) is 3.39. The van der Waals surface area contributed by atoms with Gasteiger partial charge in [-0.25, -0.2) is 0 Å². The SMILES string of the molecule is N/C(=C\C(=O)c1ccccc1)CNCC1CC2C=CC1C2. The van der Waals surface area contributed by atoms with Crippen LogP contribution >= 0.6 is 0 Å². The summed E-state index contributed by atoms with van der Waals surface area (Å²) in [6, 6.07) is 9.23. The molecular weight excluding hydrogens is 260 g/mol. The first-order chi connectivity index (χ1) is 10.2. The Kier molecular flexibility index (Phi) is 4.20. The lowest BCUT2D eigenvalue weighted by Gasteiger charge is -2.18. The van der Waals surface area contributed by atoms with Crippen molar-refractivity contribution in [1.82, 2.24) is 5.32 Å². The highest BCUT2D eigenvalue weighted by Crippen LogP contribution is 2.42. The molecule has 3 rings (SSSR count). The van der Waals surface area contributed by atoms with Gasteiger partial charge in [0, 0.05) is 23.9 Å². The largest absolute Gasteiger partial charge is 0.401 e. The number of fused-ring (bicyclic) bond motifs is 2. The molecule has 2 aliphatic rings. The lowest BCUT2D eigenvalue weighted by Crippen LogP contribution is -2.29. The predicted molar refractivity (Wildman–Crippen MR) is 84.8 cm³/mol. The Hall–Kier alpha value is -1.87. The summed E-state index contributed by atoms with van der Waals surface area (Å²) in [6.45, 7) is 1.57. The van der Waals surface area contributed by atoms with Gasteiger partial charge in [0.25, 0.3) is 0 Å². The molecule has 0 aliphatic heterocycles. The first kappa shape index (κ1) is 14.1. The van der Waals surface area contributed by atoms with Crippen molar-refractivity contribution in [2.75, 3.05) is 13.1 Å². The van der Waals surface area contributed by atoms with Crippen molar-refractivity contribution in [3.05, 3.63) is 59.8 Å². The smallest absolute Gasteiger partial charge is 0.187 e. The van der Waals surface area contributed by atoms with Crippen LogP contribution in [0.3, 0.4) is 0 Å². The summed E-state index contributed by atoms with van der Waals surface area (Å²) in [4.78, 5) is 12.0. The maximum absolute atomic E-state index is 12.0. The number of ketones is 1. The third kappa shape index (κ3) is 3.42. The lowest BCUT2D eigenvalue weighted by atomic mass is 9.94. The molecule has 0 spiro atoms. The Morgan fingerprint density at radius 3 is 2.71 bits per heavy atom. The monoisotopic (exact) mass is 282 g/mol. The number of rotatable bonds is 6. The molecule has 3 nitrogen and oxygen atoms in total. The van der Waals surface area contributed by atoms with E-state index < -0.39 is 0 Å². The van der Waals surface area contributed by atoms with Gasteiger partial charge < -0.3 is 11.1 Å². The van der Waals surface area contributed by atoms with E-state index in [0.717, 1.165) is 24.3 Å². The number of nitrogens with two attached hydrogens (primary N) is 1. The minimum atomic E-state index is -0.0299. The fraction of sp³-hybridized carbons (Fsp3) is 0.389. The van der Waals surface area contributed by atoms with Crippen LogP contribution in [-0.2, 0) is 0 Å². The molecule has 0 heterocycles. The zero-order valence-corrected chi connectivity index (χ0v) is 12.2. The molecule has 2 aliphatic carbocycles. The Morgan fingerprint density at radius 1 is 1.24 bits per heavy atom. The van der Waals surface area contributed by atoms with Crippen LogP contribution in [0.5, 0.6) is 0 Å². The highest BCUT2D eigenvalue weighted by Gasteiger charge is 2.34. The van der Waals surface area contributed by atoms with Crippen molar-refractivity contribution in [2.45, 2.75) is 12.8 Å². The maximum atomic E-state index is 12.0. The van der Waals surface area contributed by atoms with Crippen LogP contribution in [0.1, 0.15) is 23.2 Å². The van der Waals surface area contributed by atoms with E-state index in [0.29, 0.717) is 17.8 Å². The van der Waals surface area contributed by atoms with Crippen molar-refractivity contribution >= 4 is 5.78 Å². The summed E-state index contributed by atoms with van der Waals surface area (Å²) in [5.74, 6) is 2.25.